The van der Waals surface area contributed by atoms with Crippen LogP contribution in [0.3, 0.4) is 0 Å². The molecule has 1 fully saturated rings. The first kappa shape index (κ1) is 16.1. The summed E-state index contributed by atoms with van der Waals surface area (Å²) in [7, 11) is 0. The minimum atomic E-state index is -0.0954. The summed E-state index contributed by atoms with van der Waals surface area (Å²) < 4.78 is 3.15. The van der Waals surface area contributed by atoms with E-state index in [-0.39, 0.29) is 24.4 Å². The topological polar surface area (TPSA) is 102 Å². The molecule has 0 radical (unpaired) electrons. The third kappa shape index (κ3) is 3.42. The molecule has 2 aromatic rings. The molecule has 128 valence electrons. The van der Waals surface area contributed by atoms with Gasteiger partial charge in [-0.15, -0.1) is 5.10 Å². The summed E-state index contributed by atoms with van der Waals surface area (Å²) in [6.07, 6.45) is 3.21. The van der Waals surface area contributed by atoms with E-state index >= 15 is 0 Å². The predicted octanol–water partition coefficient (Wildman–Crippen LogP) is -0.565. The van der Waals surface area contributed by atoms with E-state index in [2.05, 4.69) is 20.6 Å². The van der Waals surface area contributed by atoms with Crippen LogP contribution in [0, 0.1) is 0 Å². The lowest BCUT2D eigenvalue weighted by Gasteiger charge is -2.34. The second kappa shape index (κ2) is 6.77. The number of tetrazole rings is 1. The molecule has 0 atom stereocenters. The van der Waals surface area contributed by atoms with Crippen molar-refractivity contribution >= 4 is 11.8 Å². The molecule has 0 N–H and O–H groups in total. The molecular formula is C14H20N8O2. The van der Waals surface area contributed by atoms with E-state index in [1.165, 1.54) is 11.0 Å². The highest BCUT2D eigenvalue weighted by Gasteiger charge is 2.26. The number of carbonyl (C=O) groups excluding carboxylic acids is 2. The summed E-state index contributed by atoms with van der Waals surface area (Å²) in [4.78, 5) is 28.1. The van der Waals surface area contributed by atoms with Crippen molar-refractivity contribution in [3.05, 3.63) is 24.3 Å². The first-order valence-electron chi connectivity index (χ1n) is 7.87. The molecule has 0 aliphatic carbocycles. The van der Waals surface area contributed by atoms with Gasteiger partial charge in [0.05, 0.1) is 0 Å². The van der Waals surface area contributed by atoms with E-state index in [1.54, 1.807) is 20.5 Å². The van der Waals surface area contributed by atoms with Crippen molar-refractivity contribution < 1.29 is 9.59 Å². The quantitative estimate of drug-likeness (QED) is 0.743. The Balaban J connectivity index is 1.54. The minimum Gasteiger partial charge on any atom is -0.338 e. The Kier molecular flexibility index (Phi) is 4.54. The Hall–Kier alpha value is -2.78. The van der Waals surface area contributed by atoms with Crippen LogP contribution in [0.5, 0.6) is 0 Å². The summed E-state index contributed by atoms with van der Waals surface area (Å²) in [6.45, 7) is 6.12. The number of carbonyl (C=O) groups is 2. The summed E-state index contributed by atoms with van der Waals surface area (Å²) in [5, 5.41) is 15.0. The maximum absolute atomic E-state index is 12.5. The molecule has 1 aliphatic rings. The number of aromatic nitrogens is 6. The van der Waals surface area contributed by atoms with Crippen LogP contribution in [0.4, 0.5) is 0 Å². The van der Waals surface area contributed by atoms with Gasteiger partial charge >= 0.3 is 0 Å². The summed E-state index contributed by atoms with van der Waals surface area (Å²) in [5.74, 6) is -0.152. The Morgan fingerprint density at radius 3 is 2.46 bits per heavy atom. The van der Waals surface area contributed by atoms with Gasteiger partial charge < -0.3 is 9.80 Å². The molecule has 0 saturated carbocycles. The fraction of sp³-hybridized carbons (Fsp3) is 0.571. The van der Waals surface area contributed by atoms with Gasteiger partial charge in [-0.2, -0.15) is 5.10 Å². The van der Waals surface area contributed by atoms with E-state index in [1.807, 2.05) is 20.0 Å². The van der Waals surface area contributed by atoms with Gasteiger partial charge in [0, 0.05) is 38.4 Å². The van der Waals surface area contributed by atoms with E-state index in [4.69, 9.17) is 0 Å². The average molecular weight is 332 g/mol. The highest BCUT2D eigenvalue weighted by Crippen LogP contribution is 2.10. The van der Waals surface area contributed by atoms with Crippen molar-refractivity contribution in [1.82, 2.24) is 39.8 Å². The molecule has 0 aromatic carbocycles. The number of rotatable bonds is 4. The Morgan fingerprint density at radius 1 is 1.17 bits per heavy atom. The lowest BCUT2D eigenvalue weighted by atomic mass is 10.2. The third-order valence-electron chi connectivity index (χ3n) is 3.96. The molecule has 3 heterocycles. The molecule has 3 rings (SSSR count). The molecular weight excluding hydrogens is 312 g/mol. The fourth-order valence-corrected chi connectivity index (χ4v) is 2.55. The molecule has 1 saturated heterocycles. The van der Waals surface area contributed by atoms with Crippen molar-refractivity contribution in [3.63, 3.8) is 0 Å². The van der Waals surface area contributed by atoms with Crippen LogP contribution in [0.25, 0.3) is 0 Å². The average Bonchev–Trinajstić information content (AvgIpc) is 3.26. The van der Waals surface area contributed by atoms with Gasteiger partial charge in [0.2, 0.25) is 5.91 Å². The Labute approximate surface area is 139 Å². The van der Waals surface area contributed by atoms with Gasteiger partial charge in [0.25, 0.3) is 5.91 Å². The smallest absolute Gasteiger partial charge is 0.274 e. The zero-order valence-corrected chi connectivity index (χ0v) is 13.7. The van der Waals surface area contributed by atoms with Crippen molar-refractivity contribution in [3.8, 4) is 0 Å². The number of hydrogen-bond donors (Lipinski definition) is 0. The second-order valence-electron chi connectivity index (χ2n) is 5.96. The number of nitrogens with zero attached hydrogens (tertiary/aromatic N) is 8. The van der Waals surface area contributed by atoms with Gasteiger partial charge in [0.1, 0.15) is 18.6 Å². The van der Waals surface area contributed by atoms with E-state index in [9.17, 15) is 9.59 Å². The maximum atomic E-state index is 12.5. The zero-order chi connectivity index (χ0) is 17.1. The van der Waals surface area contributed by atoms with Crippen LogP contribution >= 0.6 is 0 Å². The van der Waals surface area contributed by atoms with Crippen molar-refractivity contribution in [2.75, 3.05) is 26.2 Å². The van der Waals surface area contributed by atoms with E-state index < -0.39 is 0 Å². The van der Waals surface area contributed by atoms with Crippen molar-refractivity contribution in [2.24, 2.45) is 0 Å². The van der Waals surface area contributed by atoms with Crippen molar-refractivity contribution in [1.29, 1.82) is 0 Å². The normalized spacial score (nSPS) is 15.1. The molecule has 24 heavy (non-hydrogen) atoms. The number of hydrogen-bond acceptors (Lipinski definition) is 6. The van der Waals surface area contributed by atoms with Crippen LogP contribution in [0.15, 0.2) is 18.6 Å². The molecule has 2 amide bonds. The number of amides is 2. The van der Waals surface area contributed by atoms with Crippen LogP contribution in [0.2, 0.25) is 0 Å². The monoisotopic (exact) mass is 332 g/mol. The zero-order valence-electron chi connectivity index (χ0n) is 13.7. The van der Waals surface area contributed by atoms with Gasteiger partial charge in [-0.3, -0.25) is 14.3 Å². The molecule has 10 nitrogen and oxygen atoms in total. The highest BCUT2D eigenvalue weighted by atomic mass is 16.2. The SMILES string of the molecule is CC(C)n1ccc(C(=O)N2CCN(C(=O)Cn3cnnn3)CC2)n1. The highest BCUT2D eigenvalue weighted by molar-refractivity contribution is 5.92. The predicted molar refractivity (Wildman–Crippen MR) is 82.9 cm³/mol. The van der Waals surface area contributed by atoms with E-state index in [0.29, 0.717) is 31.9 Å². The molecule has 0 bridgehead atoms. The fourth-order valence-electron chi connectivity index (χ4n) is 2.55. The third-order valence-corrected chi connectivity index (χ3v) is 3.96. The first-order chi connectivity index (χ1) is 11.5. The Morgan fingerprint density at radius 2 is 1.88 bits per heavy atom. The minimum absolute atomic E-state index is 0.0570. The van der Waals surface area contributed by atoms with Crippen molar-refractivity contribution in [2.45, 2.75) is 26.4 Å². The van der Waals surface area contributed by atoms with Crippen LogP contribution in [0.1, 0.15) is 30.4 Å². The molecule has 2 aromatic heterocycles. The van der Waals surface area contributed by atoms with Gasteiger partial charge in [0.15, 0.2) is 0 Å². The van der Waals surface area contributed by atoms with E-state index in [0.717, 1.165) is 0 Å². The number of piperazine rings is 1. The molecule has 0 unspecified atom stereocenters. The van der Waals surface area contributed by atoms with Gasteiger partial charge in [-0.1, -0.05) is 0 Å². The maximum Gasteiger partial charge on any atom is 0.274 e. The van der Waals surface area contributed by atoms with Gasteiger partial charge in [-0.05, 0) is 30.3 Å². The summed E-state index contributed by atoms with van der Waals surface area (Å²) in [6, 6.07) is 1.95. The summed E-state index contributed by atoms with van der Waals surface area (Å²) >= 11 is 0. The second-order valence-corrected chi connectivity index (χ2v) is 5.96. The first-order valence-corrected chi connectivity index (χ1v) is 7.87. The lowest BCUT2D eigenvalue weighted by molar-refractivity contribution is -0.133. The van der Waals surface area contributed by atoms with Crippen LogP contribution < -0.4 is 0 Å². The lowest BCUT2D eigenvalue weighted by Crippen LogP contribution is -2.51. The standard InChI is InChI=1S/C14H20N8O2/c1-11(2)22-4-3-12(16-22)14(24)20-7-5-19(6-8-20)13(23)9-21-10-15-17-18-21/h3-4,10-11H,5-9H2,1-2H3. The van der Waals surface area contributed by atoms with Gasteiger partial charge in [-0.25, -0.2) is 4.68 Å². The molecule has 0 spiro atoms. The largest absolute Gasteiger partial charge is 0.338 e. The Bertz CT molecular complexity index is 700. The molecule has 10 heteroatoms. The summed E-state index contributed by atoms with van der Waals surface area (Å²) in [5.41, 5.74) is 0.442. The van der Waals surface area contributed by atoms with Crippen LogP contribution in [-0.2, 0) is 11.3 Å². The molecule has 1 aliphatic heterocycles. The van der Waals surface area contributed by atoms with Crippen LogP contribution in [-0.4, -0.2) is 77.8 Å².